The second-order valence-corrected chi connectivity index (χ2v) is 4.37. The van der Waals surface area contributed by atoms with Crippen LogP contribution in [0, 0.1) is 0 Å². The van der Waals surface area contributed by atoms with Crippen LogP contribution in [0.1, 0.15) is 24.2 Å². The van der Waals surface area contributed by atoms with Gasteiger partial charge in [-0.1, -0.05) is 0 Å². The van der Waals surface area contributed by atoms with Gasteiger partial charge < -0.3 is 15.4 Å². The Kier molecular flexibility index (Phi) is 6.06. The smallest absolute Gasteiger partial charge is 0.338 e. The Morgan fingerprint density at radius 2 is 1.68 bits per heavy atom. The van der Waals surface area contributed by atoms with Crippen LogP contribution in [-0.2, 0) is 14.3 Å². The molecule has 0 bridgehead atoms. The van der Waals surface area contributed by atoms with E-state index in [1.165, 1.54) is 45.2 Å². The van der Waals surface area contributed by atoms with Gasteiger partial charge in [0.05, 0.1) is 5.56 Å². The Balaban J connectivity index is 2.62. The fraction of sp³-hybridized carbons (Fsp3) is 0.286. The zero-order chi connectivity index (χ0) is 16.7. The Bertz CT molecular complexity index is 583. The van der Waals surface area contributed by atoms with Gasteiger partial charge in [-0.05, 0) is 31.2 Å². The molecule has 118 valence electrons. The molecule has 1 rings (SSSR count). The average molecular weight is 307 g/mol. The molecule has 1 atom stereocenters. The number of anilines is 1. The number of urea groups is 1. The van der Waals surface area contributed by atoms with Crippen LogP contribution in [0.5, 0.6) is 0 Å². The van der Waals surface area contributed by atoms with Crippen molar-refractivity contribution < 1.29 is 23.9 Å². The number of esters is 1. The largest absolute Gasteiger partial charge is 0.449 e. The van der Waals surface area contributed by atoms with E-state index in [0.717, 1.165) is 0 Å². The molecule has 0 aliphatic rings. The van der Waals surface area contributed by atoms with Gasteiger partial charge in [-0.3, -0.25) is 14.9 Å². The van der Waals surface area contributed by atoms with Gasteiger partial charge in [0, 0.05) is 19.7 Å². The first-order valence-corrected chi connectivity index (χ1v) is 6.44. The zero-order valence-electron chi connectivity index (χ0n) is 12.4. The topological polar surface area (TPSA) is 114 Å². The minimum absolute atomic E-state index is 0.216. The molecule has 0 heterocycles. The summed E-state index contributed by atoms with van der Waals surface area (Å²) in [5.41, 5.74) is 0.753. The standard InChI is InChI=1S/C14H17N3O5/c1-8(12(19)17-14(21)15-3)22-13(20)10-4-6-11(7-5-10)16-9(2)18/h4-8H,1-3H3,(H,16,18)(H2,15,17,19,21)/t8-/m1/s1. The first kappa shape index (κ1) is 17.2. The molecule has 4 amide bonds. The van der Waals surface area contributed by atoms with Crippen molar-refractivity contribution in [3.8, 4) is 0 Å². The molecule has 0 saturated heterocycles. The van der Waals surface area contributed by atoms with E-state index in [-0.39, 0.29) is 11.5 Å². The zero-order valence-corrected chi connectivity index (χ0v) is 12.4. The summed E-state index contributed by atoms with van der Waals surface area (Å²) in [6, 6.07) is 5.29. The maximum Gasteiger partial charge on any atom is 0.338 e. The van der Waals surface area contributed by atoms with Crippen LogP contribution in [0.4, 0.5) is 10.5 Å². The van der Waals surface area contributed by atoms with E-state index in [1.54, 1.807) is 0 Å². The first-order chi connectivity index (χ1) is 10.3. The lowest BCUT2D eigenvalue weighted by molar-refractivity contribution is -0.127. The number of benzene rings is 1. The highest BCUT2D eigenvalue weighted by Crippen LogP contribution is 2.11. The molecule has 0 unspecified atom stereocenters. The number of ether oxygens (including phenoxy) is 1. The van der Waals surface area contributed by atoms with Gasteiger partial charge in [0.25, 0.3) is 5.91 Å². The number of rotatable bonds is 4. The molecule has 0 spiro atoms. The monoisotopic (exact) mass is 307 g/mol. The molecule has 8 nitrogen and oxygen atoms in total. The van der Waals surface area contributed by atoms with Crippen LogP contribution in [0.2, 0.25) is 0 Å². The summed E-state index contributed by atoms with van der Waals surface area (Å²) in [5, 5.41) is 6.77. The normalized spacial score (nSPS) is 11.0. The van der Waals surface area contributed by atoms with Crippen LogP contribution >= 0.6 is 0 Å². The van der Waals surface area contributed by atoms with E-state index in [9.17, 15) is 19.2 Å². The van der Waals surface area contributed by atoms with Crippen LogP contribution in [0.3, 0.4) is 0 Å². The number of nitrogens with one attached hydrogen (secondary N) is 3. The van der Waals surface area contributed by atoms with Crippen LogP contribution in [0.15, 0.2) is 24.3 Å². The number of imide groups is 1. The van der Waals surface area contributed by atoms with E-state index in [1.807, 2.05) is 5.32 Å². The summed E-state index contributed by atoms with van der Waals surface area (Å²) in [6.45, 7) is 2.72. The van der Waals surface area contributed by atoms with E-state index in [4.69, 9.17) is 4.74 Å². The minimum atomic E-state index is -1.13. The van der Waals surface area contributed by atoms with E-state index in [2.05, 4.69) is 10.6 Å². The van der Waals surface area contributed by atoms with Crippen molar-refractivity contribution >= 4 is 29.5 Å². The van der Waals surface area contributed by atoms with Crippen LogP contribution in [0.25, 0.3) is 0 Å². The highest BCUT2D eigenvalue weighted by molar-refractivity contribution is 5.98. The molecule has 0 aromatic heterocycles. The van der Waals surface area contributed by atoms with Crippen molar-refractivity contribution in [2.24, 2.45) is 0 Å². The predicted octanol–water partition coefficient (Wildman–Crippen LogP) is 0.646. The number of carbonyl (C=O) groups is 4. The number of carbonyl (C=O) groups excluding carboxylic acids is 4. The molecule has 3 N–H and O–H groups in total. The lowest BCUT2D eigenvalue weighted by atomic mass is 10.2. The highest BCUT2D eigenvalue weighted by Gasteiger charge is 2.20. The lowest BCUT2D eigenvalue weighted by Crippen LogP contribution is -2.43. The molecule has 0 saturated carbocycles. The summed E-state index contributed by atoms with van der Waals surface area (Å²) in [7, 11) is 1.36. The van der Waals surface area contributed by atoms with E-state index in [0.29, 0.717) is 5.69 Å². The van der Waals surface area contributed by atoms with Gasteiger partial charge >= 0.3 is 12.0 Å². The lowest BCUT2D eigenvalue weighted by Gasteiger charge is -2.12. The molecular weight excluding hydrogens is 290 g/mol. The summed E-state index contributed by atoms with van der Waals surface area (Å²) in [5.74, 6) is -1.67. The number of hydrogen-bond acceptors (Lipinski definition) is 5. The third kappa shape index (κ3) is 5.23. The van der Waals surface area contributed by atoms with Crippen molar-refractivity contribution in [2.75, 3.05) is 12.4 Å². The average Bonchev–Trinajstić information content (AvgIpc) is 2.46. The molecule has 0 radical (unpaired) electrons. The minimum Gasteiger partial charge on any atom is -0.449 e. The number of hydrogen-bond donors (Lipinski definition) is 3. The maximum absolute atomic E-state index is 11.9. The summed E-state index contributed by atoms with van der Waals surface area (Å²) < 4.78 is 4.95. The van der Waals surface area contributed by atoms with Crippen LogP contribution < -0.4 is 16.0 Å². The molecule has 0 aliphatic heterocycles. The quantitative estimate of drug-likeness (QED) is 0.707. The van der Waals surface area contributed by atoms with Gasteiger partial charge in [0.15, 0.2) is 6.10 Å². The maximum atomic E-state index is 11.9. The van der Waals surface area contributed by atoms with Crippen molar-refractivity contribution in [1.29, 1.82) is 0 Å². The molecule has 1 aromatic carbocycles. The molecule has 0 fully saturated rings. The van der Waals surface area contributed by atoms with E-state index >= 15 is 0 Å². The number of amides is 4. The van der Waals surface area contributed by atoms with Crippen molar-refractivity contribution in [2.45, 2.75) is 20.0 Å². The molecule has 8 heteroatoms. The van der Waals surface area contributed by atoms with Gasteiger partial charge in [-0.25, -0.2) is 9.59 Å². The van der Waals surface area contributed by atoms with Crippen molar-refractivity contribution in [1.82, 2.24) is 10.6 Å². The molecule has 1 aromatic rings. The molecule has 0 aliphatic carbocycles. The molecule has 22 heavy (non-hydrogen) atoms. The van der Waals surface area contributed by atoms with Crippen molar-refractivity contribution in [3.63, 3.8) is 0 Å². The Hall–Kier alpha value is -2.90. The SMILES string of the molecule is CNC(=O)NC(=O)[C@@H](C)OC(=O)c1ccc(NC(C)=O)cc1. The second-order valence-electron chi connectivity index (χ2n) is 4.37. The fourth-order valence-electron chi connectivity index (χ4n) is 1.45. The van der Waals surface area contributed by atoms with Crippen molar-refractivity contribution in [3.05, 3.63) is 29.8 Å². The van der Waals surface area contributed by atoms with E-state index < -0.39 is 24.0 Å². The van der Waals surface area contributed by atoms with Crippen LogP contribution in [-0.4, -0.2) is 37.0 Å². The fourth-order valence-corrected chi connectivity index (χ4v) is 1.45. The second kappa shape index (κ2) is 7.77. The van der Waals surface area contributed by atoms with Gasteiger partial charge in [-0.15, -0.1) is 0 Å². The highest BCUT2D eigenvalue weighted by atomic mass is 16.5. The summed E-state index contributed by atoms with van der Waals surface area (Å²) in [6.07, 6.45) is -1.13. The Morgan fingerprint density at radius 3 is 2.18 bits per heavy atom. The third-order valence-corrected chi connectivity index (χ3v) is 2.56. The van der Waals surface area contributed by atoms with Gasteiger partial charge in [-0.2, -0.15) is 0 Å². The Labute approximate surface area is 127 Å². The third-order valence-electron chi connectivity index (χ3n) is 2.56. The predicted molar refractivity (Wildman–Crippen MR) is 78.2 cm³/mol. The van der Waals surface area contributed by atoms with Gasteiger partial charge in [0.1, 0.15) is 0 Å². The molecular formula is C14H17N3O5. The first-order valence-electron chi connectivity index (χ1n) is 6.44. The Morgan fingerprint density at radius 1 is 1.09 bits per heavy atom. The summed E-state index contributed by atoms with van der Waals surface area (Å²) in [4.78, 5) is 45.3. The summed E-state index contributed by atoms with van der Waals surface area (Å²) >= 11 is 0. The van der Waals surface area contributed by atoms with Gasteiger partial charge in [0.2, 0.25) is 5.91 Å².